The molecular formula is C7H14N2O3. The van der Waals surface area contributed by atoms with Gasteiger partial charge in [-0.15, -0.1) is 0 Å². The number of rotatable bonds is 1. The molecule has 0 bridgehead atoms. The Balaban J connectivity index is 2.62. The summed E-state index contributed by atoms with van der Waals surface area (Å²) in [5, 5.41) is 0. The summed E-state index contributed by atoms with van der Waals surface area (Å²) in [7, 11) is 0. The van der Waals surface area contributed by atoms with Gasteiger partial charge in [-0.2, -0.15) is 0 Å². The largest absolute Gasteiger partial charge is 0.368 e. The number of carbonyl (C=O) groups is 1. The number of hydrogen-bond acceptors (Lipinski definition) is 4. The Kier molecular flexibility index (Phi) is 2.11. The van der Waals surface area contributed by atoms with Crippen LogP contribution >= 0.6 is 0 Å². The van der Waals surface area contributed by atoms with Crippen LogP contribution in [0.2, 0.25) is 0 Å². The van der Waals surface area contributed by atoms with E-state index < -0.39 is 17.2 Å². The lowest BCUT2D eigenvalue weighted by Gasteiger charge is -2.39. The number of nitrogens with two attached hydrogens (primary N) is 2. The number of amides is 1. The molecule has 0 spiro atoms. The van der Waals surface area contributed by atoms with E-state index in [0.717, 1.165) is 0 Å². The topological polar surface area (TPSA) is 87.6 Å². The van der Waals surface area contributed by atoms with Crippen LogP contribution in [-0.2, 0) is 14.3 Å². The van der Waals surface area contributed by atoms with Crippen LogP contribution in [0.3, 0.4) is 0 Å². The van der Waals surface area contributed by atoms with Gasteiger partial charge in [-0.1, -0.05) is 0 Å². The summed E-state index contributed by atoms with van der Waals surface area (Å²) in [6.45, 7) is 3.73. The summed E-state index contributed by atoms with van der Waals surface area (Å²) in [5.74, 6) is -1.27. The standard InChI is InChI=1S/C7H14N2O3/c1-6(2)11-3-7(9,4-12-6)5(8)10/h3-4,9H2,1-2H3,(H2,8,10). The molecule has 5 heteroatoms. The molecule has 12 heavy (non-hydrogen) atoms. The monoisotopic (exact) mass is 174 g/mol. The second-order valence-electron chi connectivity index (χ2n) is 3.50. The van der Waals surface area contributed by atoms with Crippen LogP contribution in [0.5, 0.6) is 0 Å². The average Bonchev–Trinajstić information content (AvgIpc) is 1.96. The van der Waals surface area contributed by atoms with Gasteiger partial charge in [0.15, 0.2) is 5.79 Å². The highest BCUT2D eigenvalue weighted by Crippen LogP contribution is 2.21. The summed E-state index contributed by atoms with van der Waals surface area (Å²) in [4.78, 5) is 10.8. The van der Waals surface area contributed by atoms with Gasteiger partial charge in [0.25, 0.3) is 0 Å². The first-order valence-electron chi connectivity index (χ1n) is 3.72. The van der Waals surface area contributed by atoms with Crippen LogP contribution in [0.4, 0.5) is 0 Å². The summed E-state index contributed by atoms with van der Waals surface area (Å²) < 4.78 is 10.4. The summed E-state index contributed by atoms with van der Waals surface area (Å²) in [5.41, 5.74) is 9.49. The molecule has 0 aliphatic carbocycles. The first-order chi connectivity index (χ1) is 5.36. The van der Waals surface area contributed by atoms with Crippen LogP contribution in [0.1, 0.15) is 13.8 Å². The third-order valence-electron chi connectivity index (χ3n) is 1.85. The molecule has 1 saturated heterocycles. The summed E-state index contributed by atoms with van der Waals surface area (Å²) in [6, 6.07) is 0. The number of primary amides is 1. The predicted octanol–water partition coefficient (Wildman–Crippen LogP) is -1.05. The molecule has 0 radical (unpaired) electrons. The predicted molar refractivity (Wildman–Crippen MR) is 42.1 cm³/mol. The number of ether oxygens (including phenoxy) is 2. The van der Waals surface area contributed by atoms with Gasteiger partial charge < -0.3 is 20.9 Å². The van der Waals surface area contributed by atoms with Crippen molar-refractivity contribution in [1.29, 1.82) is 0 Å². The van der Waals surface area contributed by atoms with E-state index in [1.165, 1.54) is 0 Å². The first kappa shape index (κ1) is 9.44. The smallest absolute Gasteiger partial charge is 0.242 e. The third kappa shape index (κ3) is 1.74. The second-order valence-corrected chi connectivity index (χ2v) is 3.50. The molecule has 0 aromatic heterocycles. The van der Waals surface area contributed by atoms with E-state index in [2.05, 4.69) is 0 Å². The zero-order valence-corrected chi connectivity index (χ0v) is 7.29. The van der Waals surface area contributed by atoms with E-state index >= 15 is 0 Å². The van der Waals surface area contributed by atoms with Crippen LogP contribution < -0.4 is 11.5 Å². The van der Waals surface area contributed by atoms with Gasteiger partial charge in [0, 0.05) is 0 Å². The van der Waals surface area contributed by atoms with E-state index in [1.54, 1.807) is 13.8 Å². The molecule has 1 aliphatic heterocycles. The van der Waals surface area contributed by atoms with Crippen molar-refractivity contribution >= 4 is 5.91 Å². The van der Waals surface area contributed by atoms with Crippen LogP contribution in [0.15, 0.2) is 0 Å². The maximum atomic E-state index is 10.8. The highest BCUT2D eigenvalue weighted by atomic mass is 16.7. The van der Waals surface area contributed by atoms with E-state index in [1.807, 2.05) is 0 Å². The minimum atomic E-state index is -1.17. The zero-order chi connectivity index (χ0) is 9.41. The molecule has 70 valence electrons. The Morgan fingerprint density at radius 1 is 1.33 bits per heavy atom. The minimum absolute atomic E-state index is 0.106. The molecule has 0 aromatic rings. The normalized spacial score (nSPS) is 26.6. The van der Waals surface area contributed by atoms with E-state index in [-0.39, 0.29) is 13.2 Å². The lowest BCUT2D eigenvalue weighted by molar-refractivity contribution is -0.262. The second kappa shape index (κ2) is 2.69. The number of carbonyl (C=O) groups excluding carboxylic acids is 1. The Morgan fingerprint density at radius 2 is 1.75 bits per heavy atom. The van der Waals surface area contributed by atoms with Gasteiger partial charge in [-0.05, 0) is 13.8 Å². The van der Waals surface area contributed by atoms with Crippen molar-refractivity contribution in [2.75, 3.05) is 13.2 Å². The fourth-order valence-corrected chi connectivity index (χ4v) is 0.831. The highest BCUT2D eigenvalue weighted by Gasteiger charge is 2.41. The highest BCUT2D eigenvalue weighted by molar-refractivity contribution is 5.84. The summed E-state index contributed by atoms with van der Waals surface area (Å²) in [6.07, 6.45) is 0. The van der Waals surface area contributed by atoms with Crippen molar-refractivity contribution in [3.8, 4) is 0 Å². The molecule has 5 nitrogen and oxygen atoms in total. The molecule has 1 amide bonds. The lowest BCUT2D eigenvalue weighted by Crippen LogP contribution is -2.64. The zero-order valence-electron chi connectivity index (χ0n) is 7.29. The van der Waals surface area contributed by atoms with Crippen LogP contribution in [0.25, 0.3) is 0 Å². The molecule has 0 unspecified atom stereocenters. The van der Waals surface area contributed by atoms with Crippen LogP contribution in [-0.4, -0.2) is 30.4 Å². The molecule has 0 aromatic carbocycles. The molecule has 1 rings (SSSR count). The van der Waals surface area contributed by atoms with E-state index in [4.69, 9.17) is 20.9 Å². The van der Waals surface area contributed by atoms with E-state index in [0.29, 0.717) is 0 Å². The molecule has 0 saturated carbocycles. The van der Waals surface area contributed by atoms with Crippen molar-refractivity contribution < 1.29 is 14.3 Å². The Labute approximate surface area is 71.0 Å². The SMILES string of the molecule is CC1(C)OCC(N)(C(N)=O)CO1. The maximum absolute atomic E-state index is 10.8. The van der Waals surface area contributed by atoms with Gasteiger partial charge in [0.05, 0.1) is 13.2 Å². The van der Waals surface area contributed by atoms with Gasteiger partial charge in [-0.25, -0.2) is 0 Å². The van der Waals surface area contributed by atoms with Crippen molar-refractivity contribution in [2.24, 2.45) is 11.5 Å². The fraction of sp³-hybridized carbons (Fsp3) is 0.857. The Bertz CT molecular complexity index is 193. The molecule has 1 heterocycles. The third-order valence-corrected chi connectivity index (χ3v) is 1.85. The van der Waals surface area contributed by atoms with Crippen LogP contribution in [0, 0.1) is 0 Å². The summed E-state index contributed by atoms with van der Waals surface area (Å²) >= 11 is 0. The van der Waals surface area contributed by atoms with Gasteiger partial charge >= 0.3 is 0 Å². The average molecular weight is 174 g/mol. The molecule has 0 atom stereocenters. The van der Waals surface area contributed by atoms with Crippen molar-refractivity contribution in [1.82, 2.24) is 0 Å². The fourth-order valence-electron chi connectivity index (χ4n) is 0.831. The molecule has 1 fully saturated rings. The quantitative estimate of drug-likeness (QED) is 0.531. The number of hydrogen-bond donors (Lipinski definition) is 2. The van der Waals surface area contributed by atoms with Gasteiger partial charge in [-0.3, -0.25) is 4.79 Å². The Morgan fingerprint density at radius 3 is 2.08 bits per heavy atom. The molecular weight excluding hydrogens is 160 g/mol. The lowest BCUT2D eigenvalue weighted by atomic mass is 10.0. The maximum Gasteiger partial charge on any atom is 0.242 e. The first-order valence-corrected chi connectivity index (χ1v) is 3.72. The molecule has 1 aliphatic rings. The van der Waals surface area contributed by atoms with Crippen molar-refractivity contribution in [2.45, 2.75) is 25.2 Å². The minimum Gasteiger partial charge on any atom is -0.368 e. The Hall–Kier alpha value is -0.650. The molecule has 4 N–H and O–H groups in total. The van der Waals surface area contributed by atoms with Crippen molar-refractivity contribution in [3.05, 3.63) is 0 Å². The van der Waals surface area contributed by atoms with E-state index in [9.17, 15) is 4.79 Å². The van der Waals surface area contributed by atoms with Gasteiger partial charge in [0.1, 0.15) is 5.54 Å². The van der Waals surface area contributed by atoms with Gasteiger partial charge in [0.2, 0.25) is 5.91 Å². The van der Waals surface area contributed by atoms with Crippen molar-refractivity contribution in [3.63, 3.8) is 0 Å².